The Morgan fingerprint density at radius 3 is 2.69 bits per heavy atom. The predicted molar refractivity (Wildman–Crippen MR) is 54.9 cm³/mol. The molecule has 68 valence electrons. The van der Waals surface area contributed by atoms with Gasteiger partial charge in [-0.3, -0.25) is 0 Å². The van der Waals surface area contributed by atoms with E-state index in [4.69, 9.17) is 0 Å². The summed E-state index contributed by atoms with van der Waals surface area (Å²) < 4.78 is 2.72. The summed E-state index contributed by atoms with van der Waals surface area (Å²) in [6.45, 7) is 6.03. The van der Waals surface area contributed by atoms with E-state index < -0.39 is 0 Å². The third-order valence-corrected chi connectivity index (χ3v) is 2.82. The van der Waals surface area contributed by atoms with E-state index in [2.05, 4.69) is 26.0 Å². The quantitative estimate of drug-likeness (QED) is 0.707. The monoisotopic (exact) mass is 239 g/mol. The van der Waals surface area contributed by atoms with Gasteiger partial charge in [-0.05, 0) is 42.8 Å². The summed E-state index contributed by atoms with van der Waals surface area (Å²) in [6.07, 6.45) is 0. The molecule has 0 N–H and O–H groups in total. The first-order valence-electron chi connectivity index (χ1n) is 4.08. The van der Waals surface area contributed by atoms with Gasteiger partial charge in [-0.25, -0.2) is 9.50 Å². The Hall–Kier alpha value is -0.900. The number of aromatic nitrogens is 3. The number of hydrogen-bond acceptors (Lipinski definition) is 2. The third-order valence-electron chi connectivity index (χ3n) is 2.07. The van der Waals surface area contributed by atoms with Gasteiger partial charge in [0.05, 0.1) is 0 Å². The first-order chi connectivity index (χ1) is 6.09. The number of halogens is 1. The number of aryl methyl sites for hydroxylation is 3. The topological polar surface area (TPSA) is 30.2 Å². The summed E-state index contributed by atoms with van der Waals surface area (Å²) in [5.41, 5.74) is 4.16. The predicted octanol–water partition coefficient (Wildman–Crippen LogP) is 2.42. The van der Waals surface area contributed by atoms with Crippen LogP contribution in [0.4, 0.5) is 0 Å². The van der Waals surface area contributed by atoms with E-state index in [1.165, 1.54) is 0 Å². The van der Waals surface area contributed by atoms with Crippen LogP contribution in [0.2, 0.25) is 0 Å². The van der Waals surface area contributed by atoms with Crippen molar-refractivity contribution in [2.24, 2.45) is 0 Å². The Labute approximate surface area is 84.9 Å². The van der Waals surface area contributed by atoms with Gasteiger partial charge in [0, 0.05) is 17.0 Å². The van der Waals surface area contributed by atoms with Crippen molar-refractivity contribution in [2.45, 2.75) is 20.8 Å². The van der Waals surface area contributed by atoms with E-state index >= 15 is 0 Å². The number of fused-ring (bicyclic) bond motifs is 1. The second-order valence-corrected chi connectivity index (χ2v) is 3.94. The van der Waals surface area contributed by atoms with Gasteiger partial charge in [0.15, 0.2) is 5.65 Å². The second kappa shape index (κ2) is 2.80. The lowest BCUT2D eigenvalue weighted by atomic mass is 10.3. The molecule has 0 bridgehead atoms. The molecule has 2 heterocycles. The van der Waals surface area contributed by atoms with Crippen LogP contribution in [0.15, 0.2) is 10.7 Å². The Kier molecular flexibility index (Phi) is 1.87. The van der Waals surface area contributed by atoms with Gasteiger partial charge in [0.25, 0.3) is 0 Å². The SMILES string of the molecule is Cc1cc(C)n2nc(Br)c(C)c2n1. The standard InChI is InChI=1S/C9H10BrN3/c1-5-4-6(2)13-9(11-5)7(3)8(10)12-13/h4H,1-3H3. The first kappa shape index (κ1) is 8.69. The Morgan fingerprint density at radius 2 is 2.00 bits per heavy atom. The van der Waals surface area contributed by atoms with Crippen LogP contribution in [0.3, 0.4) is 0 Å². The van der Waals surface area contributed by atoms with Crippen molar-refractivity contribution < 1.29 is 0 Å². The Morgan fingerprint density at radius 1 is 1.31 bits per heavy atom. The van der Waals surface area contributed by atoms with Crippen LogP contribution in [0.1, 0.15) is 17.0 Å². The van der Waals surface area contributed by atoms with Crippen molar-refractivity contribution in [3.8, 4) is 0 Å². The van der Waals surface area contributed by atoms with Gasteiger partial charge in [0.1, 0.15) is 4.60 Å². The van der Waals surface area contributed by atoms with Crippen LogP contribution in [-0.4, -0.2) is 14.6 Å². The molecule has 0 spiro atoms. The fourth-order valence-electron chi connectivity index (χ4n) is 1.40. The minimum atomic E-state index is 0.869. The zero-order valence-electron chi connectivity index (χ0n) is 7.80. The molecule has 0 fully saturated rings. The molecule has 0 saturated carbocycles. The van der Waals surface area contributed by atoms with E-state index in [1.54, 1.807) is 0 Å². The molecule has 0 aliphatic rings. The third kappa shape index (κ3) is 1.25. The van der Waals surface area contributed by atoms with E-state index in [0.717, 1.165) is 27.2 Å². The molecule has 0 amide bonds. The van der Waals surface area contributed by atoms with Gasteiger partial charge in [0.2, 0.25) is 0 Å². The van der Waals surface area contributed by atoms with Crippen LogP contribution in [0, 0.1) is 20.8 Å². The van der Waals surface area contributed by atoms with Crippen LogP contribution < -0.4 is 0 Å². The maximum absolute atomic E-state index is 4.43. The van der Waals surface area contributed by atoms with Crippen LogP contribution in [0.25, 0.3) is 5.65 Å². The van der Waals surface area contributed by atoms with Crippen molar-refractivity contribution in [3.05, 3.63) is 27.6 Å². The highest BCUT2D eigenvalue weighted by atomic mass is 79.9. The van der Waals surface area contributed by atoms with Gasteiger partial charge >= 0.3 is 0 Å². The van der Waals surface area contributed by atoms with E-state index in [1.807, 2.05) is 31.4 Å². The van der Waals surface area contributed by atoms with E-state index in [-0.39, 0.29) is 0 Å². The zero-order chi connectivity index (χ0) is 9.59. The Balaban J connectivity index is 2.94. The second-order valence-electron chi connectivity index (χ2n) is 3.19. The summed E-state index contributed by atoms with van der Waals surface area (Å²) in [5, 5.41) is 4.32. The lowest BCUT2D eigenvalue weighted by Crippen LogP contribution is -1.97. The molecule has 4 heteroatoms. The summed E-state index contributed by atoms with van der Waals surface area (Å²) >= 11 is 3.40. The average molecular weight is 240 g/mol. The molecule has 3 nitrogen and oxygen atoms in total. The largest absolute Gasteiger partial charge is 0.234 e. The highest BCUT2D eigenvalue weighted by molar-refractivity contribution is 9.10. The van der Waals surface area contributed by atoms with Crippen molar-refractivity contribution in [1.29, 1.82) is 0 Å². The highest BCUT2D eigenvalue weighted by Gasteiger charge is 2.08. The molecule has 0 aliphatic heterocycles. The van der Waals surface area contributed by atoms with Gasteiger partial charge in [-0.15, -0.1) is 0 Å². The van der Waals surface area contributed by atoms with Crippen molar-refractivity contribution in [3.63, 3.8) is 0 Å². The number of hydrogen-bond donors (Lipinski definition) is 0. The molecule has 0 aliphatic carbocycles. The van der Waals surface area contributed by atoms with Crippen LogP contribution >= 0.6 is 15.9 Å². The summed E-state index contributed by atoms with van der Waals surface area (Å²) in [5.74, 6) is 0. The zero-order valence-corrected chi connectivity index (χ0v) is 9.38. The van der Waals surface area contributed by atoms with E-state index in [0.29, 0.717) is 0 Å². The highest BCUT2D eigenvalue weighted by Crippen LogP contribution is 2.19. The van der Waals surface area contributed by atoms with Crippen molar-refractivity contribution in [1.82, 2.24) is 14.6 Å². The maximum Gasteiger partial charge on any atom is 0.159 e. The number of nitrogens with zero attached hydrogens (tertiary/aromatic N) is 3. The van der Waals surface area contributed by atoms with Crippen LogP contribution in [0.5, 0.6) is 0 Å². The lowest BCUT2D eigenvalue weighted by Gasteiger charge is -1.99. The molecule has 0 atom stereocenters. The molecule has 2 aromatic heterocycles. The smallest absolute Gasteiger partial charge is 0.159 e. The summed E-state index contributed by atoms with van der Waals surface area (Å²) in [6, 6.07) is 2.02. The fourth-order valence-corrected chi connectivity index (χ4v) is 1.74. The molecule has 13 heavy (non-hydrogen) atoms. The molecule has 2 aromatic rings. The van der Waals surface area contributed by atoms with Crippen molar-refractivity contribution in [2.75, 3.05) is 0 Å². The van der Waals surface area contributed by atoms with E-state index in [9.17, 15) is 0 Å². The molecule has 0 radical (unpaired) electrons. The number of rotatable bonds is 0. The first-order valence-corrected chi connectivity index (χ1v) is 4.88. The fraction of sp³-hybridized carbons (Fsp3) is 0.333. The molecular weight excluding hydrogens is 230 g/mol. The van der Waals surface area contributed by atoms with Gasteiger partial charge in [-0.2, -0.15) is 5.10 Å². The maximum atomic E-state index is 4.43. The average Bonchev–Trinajstić information content (AvgIpc) is 2.32. The molecule has 2 rings (SSSR count). The lowest BCUT2D eigenvalue weighted by molar-refractivity contribution is 0.877. The van der Waals surface area contributed by atoms with Gasteiger partial charge in [-0.1, -0.05) is 0 Å². The minimum absolute atomic E-state index is 0.869. The minimum Gasteiger partial charge on any atom is -0.234 e. The normalized spacial score (nSPS) is 11.1. The Bertz CT molecular complexity index is 473. The molecule has 0 saturated heterocycles. The molecule has 0 unspecified atom stereocenters. The van der Waals surface area contributed by atoms with Crippen LogP contribution in [-0.2, 0) is 0 Å². The molecular formula is C9H10BrN3. The summed E-state index contributed by atoms with van der Waals surface area (Å²) in [4.78, 5) is 4.43. The van der Waals surface area contributed by atoms with Gasteiger partial charge < -0.3 is 0 Å². The molecule has 0 aromatic carbocycles. The van der Waals surface area contributed by atoms with Crippen molar-refractivity contribution >= 4 is 21.6 Å². The summed E-state index contributed by atoms with van der Waals surface area (Å²) in [7, 11) is 0.